The van der Waals surface area contributed by atoms with Gasteiger partial charge in [-0.05, 0) is 37.0 Å². The van der Waals surface area contributed by atoms with Gasteiger partial charge in [0.2, 0.25) is 0 Å². The Labute approximate surface area is 196 Å². The Morgan fingerprint density at radius 3 is 2.94 bits per heavy atom. The molecule has 1 spiro atoms. The predicted octanol–water partition coefficient (Wildman–Crippen LogP) is 3.14. The molecular formula is C23H25ClFN7O. The van der Waals surface area contributed by atoms with Crippen LogP contribution in [0.5, 0.6) is 0 Å². The van der Waals surface area contributed by atoms with Gasteiger partial charge in [0, 0.05) is 66.6 Å². The first-order valence-electron chi connectivity index (χ1n) is 10.8. The van der Waals surface area contributed by atoms with E-state index in [2.05, 4.69) is 20.4 Å². The highest BCUT2D eigenvalue weighted by molar-refractivity contribution is 6.21. The number of aromatic nitrogens is 4. The van der Waals surface area contributed by atoms with Crippen LogP contribution in [0, 0.1) is 11.7 Å². The first-order valence-corrected chi connectivity index (χ1v) is 11.2. The summed E-state index contributed by atoms with van der Waals surface area (Å²) in [5, 5.41) is 7.59. The number of alkyl halides is 1. The van der Waals surface area contributed by atoms with E-state index >= 15 is 4.39 Å². The number of carbonyl (C=O) groups excluding carboxylic acids is 1. The Balaban J connectivity index is 1.51. The molecule has 172 valence electrons. The van der Waals surface area contributed by atoms with Crippen molar-refractivity contribution in [1.82, 2.24) is 24.6 Å². The third-order valence-corrected chi connectivity index (χ3v) is 7.31. The van der Waals surface area contributed by atoms with Crippen molar-refractivity contribution in [2.45, 2.75) is 30.2 Å². The van der Waals surface area contributed by atoms with Gasteiger partial charge in [-0.25, -0.2) is 14.4 Å². The molecule has 33 heavy (non-hydrogen) atoms. The molecule has 1 fully saturated rings. The van der Waals surface area contributed by atoms with Gasteiger partial charge in [0.05, 0.1) is 5.56 Å². The van der Waals surface area contributed by atoms with Crippen LogP contribution in [-0.4, -0.2) is 56.6 Å². The molecular weight excluding hydrogens is 445 g/mol. The second kappa shape index (κ2) is 7.98. The molecule has 2 aromatic heterocycles. The molecule has 0 radical (unpaired) electrons. The fraction of sp³-hybridized carbons (Fsp3) is 0.391. The molecule has 5 rings (SSSR count). The SMILES string of the molecule is CN(C)C(=O)c1c(N)ccc(-c2cnc3c(c2)C2(CN3)CC(Cl)C(Cn3cncn3)C2)c1F. The molecule has 3 unspecified atom stereocenters. The molecule has 3 aromatic rings. The fourth-order valence-electron chi connectivity index (χ4n) is 5.12. The fourth-order valence-corrected chi connectivity index (χ4v) is 5.59. The minimum Gasteiger partial charge on any atom is -0.398 e. The summed E-state index contributed by atoms with van der Waals surface area (Å²) in [6.45, 7) is 1.42. The quantitative estimate of drug-likeness (QED) is 0.449. The van der Waals surface area contributed by atoms with Crippen LogP contribution in [0.1, 0.15) is 28.8 Å². The highest BCUT2D eigenvalue weighted by Crippen LogP contribution is 2.52. The molecule has 2 aliphatic rings. The number of amides is 1. The summed E-state index contributed by atoms with van der Waals surface area (Å²) in [5.74, 6) is -0.0937. The van der Waals surface area contributed by atoms with Crippen LogP contribution in [0.3, 0.4) is 0 Å². The minimum atomic E-state index is -0.638. The van der Waals surface area contributed by atoms with E-state index in [1.54, 1.807) is 38.8 Å². The van der Waals surface area contributed by atoms with Crippen LogP contribution in [0.2, 0.25) is 0 Å². The zero-order valence-corrected chi connectivity index (χ0v) is 19.2. The minimum absolute atomic E-state index is 0.0248. The molecule has 0 saturated heterocycles. The number of benzene rings is 1. The van der Waals surface area contributed by atoms with Gasteiger partial charge in [0.15, 0.2) is 0 Å². The lowest BCUT2D eigenvalue weighted by molar-refractivity contribution is 0.0824. The van der Waals surface area contributed by atoms with Crippen LogP contribution < -0.4 is 11.1 Å². The molecule has 0 bridgehead atoms. The summed E-state index contributed by atoms with van der Waals surface area (Å²) >= 11 is 6.79. The molecule has 3 N–H and O–H groups in total. The van der Waals surface area contributed by atoms with E-state index in [1.807, 2.05) is 10.7 Å². The number of nitrogens with one attached hydrogen (secondary N) is 1. The van der Waals surface area contributed by atoms with Gasteiger partial charge in [0.1, 0.15) is 24.3 Å². The van der Waals surface area contributed by atoms with Crippen LogP contribution in [0.15, 0.2) is 37.1 Å². The summed E-state index contributed by atoms with van der Waals surface area (Å²) in [4.78, 5) is 22.4. The zero-order valence-electron chi connectivity index (χ0n) is 18.4. The predicted molar refractivity (Wildman–Crippen MR) is 125 cm³/mol. The van der Waals surface area contributed by atoms with E-state index in [1.165, 1.54) is 11.2 Å². The van der Waals surface area contributed by atoms with E-state index in [0.29, 0.717) is 17.7 Å². The number of hydrogen-bond acceptors (Lipinski definition) is 6. The number of hydrogen-bond donors (Lipinski definition) is 2. The van der Waals surface area contributed by atoms with Gasteiger partial charge in [0.25, 0.3) is 5.91 Å². The Morgan fingerprint density at radius 2 is 2.21 bits per heavy atom. The monoisotopic (exact) mass is 469 g/mol. The number of fused-ring (bicyclic) bond motifs is 2. The lowest BCUT2D eigenvalue weighted by atomic mass is 9.80. The van der Waals surface area contributed by atoms with Crippen molar-refractivity contribution in [2.75, 3.05) is 31.7 Å². The molecule has 3 atom stereocenters. The number of anilines is 2. The van der Waals surface area contributed by atoms with Crippen LogP contribution >= 0.6 is 11.6 Å². The van der Waals surface area contributed by atoms with E-state index in [0.717, 1.165) is 30.8 Å². The smallest absolute Gasteiger partial charge is 0.258 e. The van der Waals surface area contributed by atoms with E-state index in [4.69, 9.17) is 17.3 Å². The van der Waals surface area contributed by atoms with Gasteiger partial charge in [-0.15, -0.1) is 11.6 Å². The Hall–Kier alpha value is -3.20. The average molecular weight is 470 g/mol. The molecule has 8 nitrogen and oxygen atoms in total. The van der Waals surface area contributed by atoms with Crippen molar-refractivity contribution in [2.24, 2.45) is 5.92 Å². The van der Waals surface area contributed by atoms with Crippen molar-refractivity contribution >= 4 is 29.0 Å². The number of halogens is 2. The number of nitrogen functional groups attached to an aromatic ring is 1. The van der Waals surface area contributed by atoms with Crippen molar-refractivity contribution in [3.05, 3.63) is 54.0 Å². The van der Waals surface area contributed by atoms with Crippen molar-refractivity contribution in [3.63, 3.8) is 0 Å². The van der Waals surface area contributed by atoms with Gasteiger partial charge < -0.3 is 16.0 Å². The number of nitrogens with zero attached hydrogens (tertiary/aromatic N) is 5. The second-order valence-corrected chi connectivity index (χ2v) is 9.71. The third kappa shape index (κ3) is 3.60. The summed E-state index contributed by atoms with van der Waals surface area (Å²) in [5.41, 5.74) is 7.67. The number of pyridine rings is 1. The Kier molecular flexibility index (Phi) is 5.23. The summed E-state index contributed by atoms with van der Waals surface area (Å²) < 4.78 is 17.3. The maximum atomic E-state index is 15.5. The molecule has 1 saturated carbocycles. The van der Waals surface area contributed by atoms with Gasteiger partial charge in [-0.3, -0.25) is 9.48 Å². The summed E-state index contributed by atoms with van der Waals surface area (Å²) in [6, 6.07) is 5.14. The van der Waals surface area contributed by atoms with Crippen LogP contribution in [-0.2, 0) is 12.0 Å². The lowest BCUT2D eigenvalue weighted by Gasteiger charge is -2.24. The maximum Gasteiger partial charge on any atom is 0.258 e. The molecule has 1 aromatic carbocycles. The second-order valence-electron chi connectivity index (χ2n) is 9.15. The Morgan fingerprint density at radius 1 is 1.39 bits per heavy atom. The average Bonchev–Trinajstić information content (AvgIpc) is 3.49. The molecule has 1 amide bonds. The highest BCUT2D eigenvalue weighted by atomic mass is 35.5. The Bertz CT molecular complexity index is 1220. The first-order chi connectivity index (χ1) is 15.8. The number of carbonyl (C=O) groups is 1. The zero-order chi connectivity index (χ0) is 23.3. The van der Waals surface area contributed by atoms with E-state index in [-0.39, 0.29) is 28.0 Å². The number of rotatable bonds is 4. The molecule has 10 heteroatoms. The number of nitrogens with two attached hydrogens (primary N) is 1. The largest absolute Gasteiger partial charge is 0.398 e. The summed E-state index contributed by atoms with van der Waals surface area (Å²) in [7, 11) is 3.14. The van der Waals surface area contributed by atoms with Gasteiger partial charge >= 0.3 is 0 Å². The first kappa shape index (κ1) is 21.6. The van der Waals surface area contributed by atoms with Crippen LogP contribution in [0.25, 0.3) is 11.1 Å². The maximum absolute atomic E-state index is 15.5. The van der Waals surface area contributed by atoms with Gasteiger partial charge in [-0.2, -0.15) is 5.10 Å². The topological polar surface area (TPSA) is 102 Å². The van der Waals surface area contributed by atoms with Crippen LogP contribution in [0.4, 0.5) is 15.9 Å². The standard InChI is InChI=1S/C23H25ClFN7O/c1-31(2)22(33)19-18(26)4-3-15(20(19)25)13-5-16-21(28-8-13)29-10-23(16)6-14(17(24)7-23)9-32-12-27-11-30-32/h3-5,8,11-12,14,17H,6-7,9-10,26H2,1-2H3,(H,28,29). The molecule has 3 heterocycles. The van der Waals surface area contributed by atoms with Crippen molar-refractivity contribution < 1.29 is 9.18 Å². The molecule has 1 aliphatic heterocycles. The summed E-state index contributed by atoms with van der Waals surface area (Å²) in [6.07, 6.45) is 6.50. The van der Waals surface area contributed by atoms with E-state index in [9.17, 15) is 4.79 Å². The van der Waals surface area contributed by atoms with Gasteiger partial charge in [-0.1, -0.05) is 0 Å². The lowest BCUT2D eigenvalue weighted by Crippen LogP contribution is -2.25. The third-order valence-electron chi connectivity index (χ3n) is 6.80. The van der Waals surface area contributed by atoms with Crippen molar-refractivity contribution in [1.29, 1.82) is 0 Å². The van der Waals surface area contributed by atoms with Crippen molar-refractivity contribution in [3.8, 4) is 11.1 Å². The van der Waals surface area contributed by atoms with E-state index < -0.39 is 11.7 Å². The highest BCUT2D eigenvalue weighted by Gasteiger charge is 2.50. The molecule has 1 aliphatic carbocycles. The normalized spacial score (nSPS) is 23.5.